The Hall–Kier alpha value is -4.58. The predicted octanol–water partition coefficient (Wildman–Crippen LogP) is -1.61. The number of halogens is 1. The first-order valence-electron chi connectivity index (χ1n) is 10.5. The van der Waals surface area contributed by atoms with Crippen LogP contribution in [0.3, 0.4) is 0 Å². The Morgan fingerprint density at radius 3 is 1.81 bits per heavy atom. The van der Waals surface area contributed by atoms with Crippen LogP contribution >= 0.6 is 0 Å². The van der Waals surface area contributed by atoms with Crippen molar-refractivity contribution in [3.63, 3.8) is 0 Å². The molecule has 2 aromatic carbocycles. The molecule has 13 heteroatoms. The first kappa shape index (κ1) is 27.7. The molecule has 0 saturated carbocycles. The van der Waals surface area contributed by atoms with E-state index in [0.717, 1.165) is 0 Å². The molecule has 3 aromatic rings. The van der Waals surface area contributed by atoms with E-state index in [2.05, 4.69) is 21.3 Å². The molecule has 0 spiro atoms. The van der Waals surface area contributed by atoms with Gasteiger partial charge in [-0.05, 0) is 24.3 Å². The Morgan fingerprint density at radius 2 is 1.31 bits per heavy atom. The molecular formula is C23H25ClN6O6. The van der Waals surface area contributed by atoms with Crippen LogP contribution in [0.5, 0.6) is 11.5 Å². The minimum Gasteiger partial charge on any atom is -1.00 e. The van der Waals surface area contributed by atoms with E-state index < -0.39 is 11.8 Å². The summed E-state index contributed by atoms with van der Waals surface area (Å²) >= 11 is 0. The molecule has 0 aliphatic carbocycles. The van der Waals surface area contributed by atoms with Crippen molar-refractivity contribution in [2.45, 2.75) is 26.9 Å². The summed E-state index contributed by atoms with van der Waals surface area (Å²) in [5.74, 6) is -2.06. The fraction of sp³-hybridized carbons (Fsp3) is 0.174. The Kier molecular flexibility index (Phi) is 9.39. The molecule has 0 radical (unpaired) electrons. The molecule has 0 unspecified atom stereocenters. The summed E-state index contributed by atoms with van der Waals surface area (Å²) in [7, 11) is 0. The smallest absolute Gasteiger partial charge is 0.266 e. The average molecular weight is 517 g/mol. The van der Waals surface area contributed by atoms with Crippen LogP contribution in [0, 0.1) is 0 Å². The monoisotopic (exact) mass is 516 g/mol. The molecule has 0 aliphatic rings. The highest BCUT2D eigenvalue weighted by atomic mass is 35.5. The number of hydrogen-bond acceptors (Lipinski definition) is 6. The third kappa shape index (κ3) is 7.46. The Balaban J connectivity index is 0.00000456. The van der Waals surface area contributed by atoms with E-state index in [1.54, 1.807) is 24.5 Å². The summed E-state index contributed by atoms with van der Waals surface area (Å²) in [6, 6.07) is 8.91. The molecule has 0 fully saturated rings. The highest BCUT2D eigenvalue weighted by Crippen LogP contribution is 2.32. The average Bonchev–Trinajstić information content (AvgIpc) is 3.18. The van der Waals surface area contributed by atoms with Gasteiger partial charge in [-0.25, -0.2) is 9.13 Å². The van der Waals surface area contributed by atoms with E-state index in [4.69, 9.17) is 0 Å². The Bertz CT molecular complexity index is 1200. The van der Waals surface area contributed by atoms with E-state index in [9.17, 15) is 29.4 Å². The maximum Gasteiger partial charge on any atom is 0.266 e. The first-order valence-corrected chi connectivity index (χ1v) is 10.5. The standard InChI is InChI=1S/C23H24N6O6.ClH/c1-14(30)24-16-5-3-7-18(32)22(16)26-20(34)11-28-9-10-29(13-28)12-21(35)27-23-17(25-15(2)31)6-4-8-19(23)33;/h3-10,13H,11-12H2,1-2H3,(H5-,24,25,26,27,30,31,32,33,34,35);1H. The van der Waals surface area contributed by atoms with E-state index in [1.807, 2.05) is 0 Å². The fourth-order valence-electron chi connectivity index (χ4n) is 3.25. The minimum absolute atomic E-state index is 0. The molecule has 3 rings (SSSR count). The number of phenols is 2. The maximum atomic E-state index is 12.5. The van der Waals surface area contributed by atoms with Crippen LogP contribution in [0.2, 0.25) is 0 Å². The van der Waals surface area contributed by atoms with Gasteiger partial charge in [-0.1, -0.05) is 12.1 Å². The van der Waals surface area contributed by atoms with Gasteiger partial charge in [0.25, 0.3) is 11.8 Å². The van der Waals surface area contributed by atoms with Crippen molar-refractivity contribution in [2.24, 2.45) is 0 Å². The van der Waals surface area contributed by atoms with Crippen LogP contribution in [0.25, 0.3) is 0 Å². The number of aromatic hydroxyl groups is 2. The van der Waals surface area contributed by atoms with Crippen molar-refractivity contribution in [3.8, 4) is 11.5 Å². The van der Waals surface area contributed by atoms with Gasteiger partial charge >= 0.3 is 0 Å². The molecule has 1 aromatic heterocycles. The second kappa shape index (κ2) is 12.2. The largest absolute Gasteiger partial charge is 1.00 e. The highest BCUT2D eigenvalue weighted by Gasteiger charge is 2.17. The minimum atomic E-state index is -0.473. The number of rotatable bonds is 8. The molecule has 12 nitrogen and oxygen atoms in total. The van der Waals surface area contributed by atoms with Gasteiger partial charge in [0.05, 0.1) is 11.4 Å². The van der Waals surface area contributed by atoms with Gasteiger partial charge in [-0.15, -0.1) is 0 Å². The summed E-state index contributed by atoms with van der Waals surface area (Å²) in [5.41, 5.74) is 0.662. The van der Waals surface area contributed by atoms with E-state index >= 15 is 0 Å². The molecule has 4 amide bonds. The summed E-state index contributed by atoms with van der Waals surface area (Å²) in [6.45, 7) is 2.36. The third-order valence-corrected chi connectivity index (χ3v) is 4.63. The lowest BCUT2D eigenvalue weighted by Crippen LogP contribution is -3.00. The van der Waals surface area contributed by atoms with Crippen LogP contribution in [0.15, 0.2) is 55.1 Å². The number of carbonyl (C=O) groups is 4. The van der Waals surface area contributed by atoms with E-state index in [0.29, 0.717) is 0 Å². The lowest BCUT2D eigenvalue weighted by molar-refractivity contribution is -0.683. The lowest BCUT2D eigenvalue weighted by atomic mass is 10.2. The van der Waals surface area contributed by atoms with Crippen LogP contribution < -0.4 is 38.2 Å². The number of imidazole rings is 1. The van der Waals surface area contributed by atoms with Crippen LogP contribution in [0.1, 0.15) is 13.8 Å². The second-order valence-corrected chi connectivity index (χ2v) is 7.62. The van der Waals surface area contributed by atoms with E-state index in [1.165, 1.54) is 53.6 Å². The molecule has 0 saturated heterocycles. The predicted molar refractivity (Wildman–Crippen MR) is 127 cm³/mol. The number of hydrogen-bond donors (Lipinski definition) is 6. The zero-order valence-electron chi connectivity index (χ0n) is 19.4. The molecule has 0 aliphatic heterocycles. The summed E-state index contributed by atoms with van der Waals surface area (Å²) in [6.07, 6.45) is 4.68. The van der Waals surface area contributed by atoms with Crippen molar-refractivity contribution in [1.82, 2.24) is 4.57 Å². The number of nitrogens with zero attached hydrogens (tertiary/aromatic N) is 2. The molecule has 6 N–H and O–H groups in total. The van der Waals surface area contributed by atoms with Gasteiger partial charge in [0, 0.05) is 13.8 Å². The zero-order chi connectivity index (χ0) is 25.5. The van der Waals surface area contributed by atoms with Gasteiger partial charge in [-0.3, -0.25) is 19.2 Å². The van der Waals surface area contributed by atoms with Crippen molar-refractivity contribution in [1.29, 1.82) is 0 Å². The second-order valence-electron chi connectivity index (χ2n) is 7.62. The molecule has 190 valence electrons. The molecule has 0 bridgehead atoms. The molecule has 0 atom stereocenters. The number of anilines is 4. The van der Waals surface area contributed by atoms with Gasteiger partial charge in [-0.2, -0.15) is 0 Å². The quantitative estimate of drug-likeness (QED) is 0.156. The Morgan fingerprint density at radius 1 is 0.806 bits per heavy atom. The number of carbonyl (C=O) groups excluding carboxylic acids is 4. The number of aromatic nitrogens is 2. The molecule has 36 heavy (non-hydrogen) atoms. The fourth-order valence-corrected chi connectivity index (χ4v) is 3.25. The third-order valence-electron chi connectivity index (χ3n) is 4.63. The topological polar surface area (TPSA) is 166 Å². The zero-order valence-corrected chi connectivity index (χ0v) is 20.2. The number of phenolic OH excluding ortho intramolecular Hbond substituents is 2. The number of nitrogens with one attached hydrogen (secondary N) is 4. The normalized spacial score (nSPS) is 10.1. The lowest BCUT2D eigenvalue weighted by Gasteiger charge is -2.12. The van der Waals surface area contributed by atoms with Crippen molar-refractivity contribution >= 4 is 46.4 Å². The van der Waals surface area contributed by atoms with E-state index in [-0.39, 0.29) is 71.6 Å². The van der Waals surface area contributed by atoms with Crippen molar-refractivity contribution in [3.05, 3.63) is 55.1 Å². The molecular weight excluding hydrogens is 492 g/mol. The van der Waals surface area contributed by atoms with Crippen molar-refractivity contribution < 1.29 is 46.4 Å². The summed E-state index contributed by atoms with van der Waals surface area (Å²) < 4.78 is 3.03. The van der Waals surface area contributed by atoms with Crippen LogP contribution in [0.4, 0.5) is 22.7 Å². The number of para-hydroxylation sites is 2. The van der Waals surface area contributed by atoms with Crippen molar-refractivity contribution in [2.75, 3.05) is 21.3 Å². The summed E-state index contributed by atoms with van der Waals surface area (Å²) in [5, 5.41) is 30.3. The van der Waals surface area contributed by atoms with Gasteiger partial charge in [0.1, 0.15) is 35.3 Å². The van der Waals surface area contributed by atoms with Gasteiger partial charge in [0.2, 0.25) is 18.1 Å². The maximum absolute atomic E-state index is 12.5. The summed E-state index contributed by atoms with van der Waals surface area (Å²) in [4.78, 5) is 47.7. The van der Waals surface area contributed by atoms with Gasteiger partial charge < -0.3 is 43.9 Å². The van der Waals surface area contributed by atoms with Gasteiger partial charge in [0.15, 0.2) is 13.1 Å². The Labute approximate surface area is 212 Å². The SMILES string of the molecule is CC(=O)Nc1cccc(O)c1NC(=O)Cn1cc[n+](CC(=O)Nc2c(O)cccc2NC(C)=O)c1.[Cl-]. The first-order chi connectivity index (χ1) is 16.6. The number of amides is 4. The highest BCUT2D eigenvalue weighted by molar-refractivity contribution is 6.01. The molecule has 1 heterocycles. The van der Waals surface area contributed by atoms with Crippen LogP contribution in [-0.4, -0.2) is 38.4 Å². The van der Waals surface area contributed by atoms with Crippen LogP contribution in [-0.2, 0) is 32.3 Å². The number of benzene rings is 2.